The molecule has 96 valence electrons. The number of fused-ring (bicyclic) bond motifs is 1. The van der Waals surface area contributed by atoms with E-state index in [1.54, 1.807) is 13.0 Å². The Morgan fingerprint density at radius 3 is 2.89 bits per heavy atom. The van der Waals surface area contributed by atoms with E-state index >= 15 is 0 Å². The monoisotopic (exact) mass is 272 g/mol. The predicted octanol–water partition coefficient (Wildman–Crippen LogP) is 3.76. The molecule has 2 heterocycles. The molecule has 0 saturated carbocycles. The number of nitrogens with zero attached hydrogens (tertiary/aromatic N) is 1. The number of rotatable bonds is 2. The highest BCUT2D eigenvalue weighted by atomic mass is 32.1. The van der Waals surface area contributed by atoms with Gasteiger partial charge < -0.3 is 9.73 Å². The van der Waals surface area contributed by atoms with Gasteiger partial charge in [0.05, 0.1) is 4.88 Å². The van der Waals surface area contributed by atoms with Crippen molar-refractivity contribution < 1.29 is 9.21 Å². The third-order valence-corrected chi connectivity index (χ3v) is 3.84. The molecular formula is C14H12N2O2S. The van der Waals surface area contributed by atoms with Gasteiger partial charge in [0.25, 0.3) is 5.91 Å². The highest BCUT2D eigenvalue weighted by Crippen LogP contribution is 2.22. The third kappa shape index (κ3) is 2.24. The number of thiophene rings is 1. The van der Waals surface area contributed by atoms with Crippen LogP contribution in [0.3, 0.4) is 0 Å². The third-order valence-electron chi connectivity index (χ3n) is 2.82. The van der Waals surface area contributed by atoms with E-state index in [0.717, 1.165) is 16.0 Å². The van der Waals surface area contributed by atoms with Gasteiger partial charge in [-0.3, -0.25) is 4.79 Å². The maximum absolute atomic E-state index is 12.1. The van der Waals surface area contributed by atoms with E-state index in [0.29, 0.717) is 17.2 Å². The van der Waals surface area contributed by atoms with Crippen molar-refractivity contribution in [2.24, 2.45) is 0 Å². The number of aromatic nitrogens is 1. The van der Waals surface area contributed by atoms with Crippen LogP contribution in [0.1, 0.15) is 21.1 Å². The van der Waals surface area contributed by atoms with Gasteiger partial charge in [0.1, 0.15) is 5.52 Å². The van der Waals surface area contributed by atoms with E-state index in [9.17, 15) is 4.79 Å². The number of carbonyl (C=O) groups is 1. The number of hydrogen-bond acceptors (Lipinski definition) is 4. The van der Waals surface area contributed by atoms with Gasteiger partial charge >= 0.3 is 0 Å². The Bertz CT molecular complexity index is 758. The fourth-order valence-electron chi connectivity index (χ4n) is 1.91. The van der Waals surface area contributed by atoms with Gasteiger partial charge in [-0.1, -0.05) is 0 Å². The molecule has 2 aromatic heterocycles. The molecule has 4 nitrogen and oxygen atoms in total. The Balaban J connectivity index is 1.89. The van der Waals surface area contributed by atoms with Gasteiger partial charge in [-0.2, -0.15) is 0 Å². The van der Waals surface area contributed by atoms with Crippen molar-refractivity contribution in [3.8, 4) is 0 Å². The van der Waals surface area contributed by atoms with Gasteiger partial charge in [-0.05, 0) is 36.1 Å². The molecule has 0 saturated heterocycles. The summed E-state index contributed by atoms with van der Waals surface area (Å²) in [5.74, 6) is 0.524. The molecule has 0 unspecified atom stereocenters. The molecular weight excluding hydrogens is 260 g/mol. The quantitative estimate of drug-likeness (QED) is 0.772. The summed E-state index contributed by atoms with van der Waals surface area (Å²) in [6.45, 7) is 3.72. The Morgan fingerprint density at radius 1 is 1.32 bits per heavy atom. The number of aryl methyl sites for hydroxylation is 2. The molecule has 1 amide bonds. The highest BCUT2D eigenvalue weighted by molar-refractivity contribution is 7.12. The van der Waals surface area contributed by atoms with Gasteiger partial charge in [0, 0.05) is 18.7 Å². The molecule has 1 aromatic carbocycles. The van der Waals surface area contributed by atoms with Crippen molar-refractivity contribution in [2.75, 3.05) is 5.32 Å². The van der Waals surface area contributed by atoms with Crippen LogP contribution in [0.5, 0.6) is 0 Å². The van der Waals surface area contributed by atoms with Gasteiger partial charge in [-0.15, -0.1) is 11.3 Å². The largest absolute Gasteiger partial charge is 0.441 e. The molecule has 1 N–H and O–H groups in total. The van der Waals surface area contributed by atoms with E-state index in [1.807, 2.05) is 30.5 Å². The van der Waals surface area contributed by atoms with E-state index in [1.165, 1.54) is 11.3 Å². The summed E-state index contributed by atoms with van der Waals surface area (Å²) < 4.78 is 5.44. The van der Waals surface area contributed by atoms with E-state index in [-0.39, 0.29) is 5.91 Å². The van der Waals surface area contributed by atoms with Gasteiger partial charge in [0.2, 0.25) is 0 Å². The summed E-state index contributed by atoms with van der Waals surface area (Å²) in [7, 11) is 0. The van der Waals surface area contributed by atoms with Gasteiger partial charge in [-0.25, -0.2) is 4.98 Å². The number of amides is 1. The van der Waals surface area contributed by atoms with Crippen LogP contribution in [0.2, 0.25) is 0 Å². The Hall–Kier alpha value is -2.14. The topological polar surface area (TPSA) is 55.1 Å². The minimum atomic E-state index is -0.0944. The van der Waals surface area contributed by atoms with Crippen molar-refractivity contribution >= 4 is 34.0 Å². The number of oxazole rings is 1. The van der Waals surface area contributed by atoms with Crippen molar-refractivity contribution in [1.82, 2.24) is 4.98 Å². The maximum atomic E-state index is 12.1. The van der Waals surface area contributed by atoms with Crippen molar-refractivity contribution in [1.29, 1.82) is 0 Å². The number of nitrogens with one attached hydrogen (secondary N) is 1. The first kappa shape index (κ1) is 11.9. The average molecular weight is 272 g/mol. The summed E-state index contributed by atoms with van der Waals surface area (Å²) >= 11 is 1.44. The van der Waals surface area contributed by atoms with E-state index < -0.39 is 0 Å². The molecule has 3 rings (SSSR count). The minimum absolute atomic E-state index is 0.0944. The van der Waals surface area contributed by atoms with E-state index in [4.69, 9.17) is 4.42 Å². The molecule has 0 spiro atoms. The molecule has 3 aromatic rings. The lowest BCUT2D eigenvalue weighted by Gasteiger charge is -2.03. The molecule has 0 fully saturated rings. The SMILES string of the molecule is Cc1nc2ccc(NC(=O)c3sccc3C)cc2o1. The number of hydrogen-bond donors (Lipinski definition) is 1. The molecule has 0 aliphatic rings. The second-order valence-electron chi connectivity index (χ2n) is 4.30. The lowest BCUT2D eigenvalue weighted by Crippen LogP contribution is -2.11. The number of anilines is 1. The highest BCUT2D eigenvalue weighted by Gasteiger charge is 2.11. The van der Waals surface area contributed by atoms with E-state index in [2.05, 4.69) is 10.3 Å². The first-order valence-corrected chi connectivity index (χ1v) is 6.74. The molecule has 0 atom stereocenters. The van der Waals surface area contributed by atoms with Crippen LogP contribution in [-0.2, 0) is 0 Å². The fraction of sp³-hybridized carbons (Fsp3) is 0.143. The second-order valence-corrected chi connectivity index (χ2v) is 5.22. The van der Waals surface area contributed by atoms with Gasteiger partial charge in [0.15, 0.2) is 11.5 Å². The molecule has 0 aliphatic carbocycles. The Labute approximate surface area is 114 Å². The van der Waals surface area contributed by atoms with Crippen molar-refractivity contribution in [3.05, 3.63) is 46.0 Å². The Morgan fingerprint density at radius 2 is 2.16 bits per heavy atom. The maximum Gasteiger partial charge on any atom is 0.265 e. The summed E-state index contributed by atoms with van der Waals surface area (Å²) in [4.78, 5) is 17.0. The van der Waals surface area contributed by atoms with Crippen LogP contribution in [-0.4, -0.2) is 10.9 Å². The molecule has 5 heteroatoms. The zero-order chi connectivity index (χ0) is 13.4. The van der Waals surface area contributed by atoms with Crippen LogP contribution in [0.15, 0.2) is 34.1 Å². The summed E-state index contributed by atoms with van der Waals surface area (Å²) in [6.07, 6.45) is 0. The number of benzene rings is 1. The fourth-order valence-corrected chi connectivity index (χ4v) is 2.73. The van der Waals surface area contributed by atoms with Crippen LogP contribution in [0, 0.1) is 13.8 Å². The molecule has 0 bridgehead atoms. The molecule has 0 radical (unpaired) electrons. The minimum Gasteiger partial charge on any atom is -0.441 e. The smallest absolute Gasteiger partial charge is 0.265 e. The summed E-state index contributed by atoms with van der Waals surface area (Å²) in [5, 5.41) is 4.78. The van der Waals surface area contributed by atoms with Crippen LogP contribution >= 0.6 is 11.3 Å². The first-order chi connectivity index (χ1) is 9.13. The van der Waals surface area contributed by atoms with Crippen LogP contribution in [0.4, 0.5) is 5.69 Å². The Kier molecular flexibility index (Phi) is 2.83. The van der Waals surface area contributed by atoms with Crippen molar-refractivity contribution in [3.63, 3.8) is 0 Å². The normalized spacial score (nSPS) is 10.8. The zero-order valence-corrected chi connectivity index (χ0v) is 11.4. The number of carbonyl (C=O) groups excluding carboxylic acids is 1. The zero-order valence-electron chi connectivity index (χ0n) is 10.6. The molecule has 0 aliphatic heterocycles. The lowest BCUT2D eigenvalue weighted by atomic mass is 10.2. The predicted molar refractivity (Wildman–Crippen MR) is 75.8 cm³/mol. The van der Waals surface area contributed by atoms with Crippen LogP contribution < -0.4 is 5.32 Å². The standard InChI is InChI=1S/C14H12N2O2S/c1-8-5-6-19-13(8)14(17)16-10-3-4-11-12(7-10)18-9(2)15-11/h3-7H,1-2H3,(H,16,17). The summed E-state index contributed by atoms with van der Waals surface area (Å²) in [6, 6.07) is 7.38. The summed E-state index contributed by atoms with van der Waals surface area (Å²) in [5.41, 5.74) is 3.17. The second kappa shape index (κ2) is 4.51. The van der Waals surface area contributed by atoms with Crippen LogP contribution in [0.25, 0.3) is 11.1 Å². The lowest BCUT2D eigenvalue weighted by molar-refractivity contribution is 0.103. The first-order valence-electron chi connectivity index (χ1n) is 5.86. The molecule has 19 heavy (non-hydrogen) atoms. The van der Waals surface area contributed by atoms with Crippen molar-refractivity contribution in [2.45, 2.75) is 13.8 Å². The average Bonchev–Trinajstić information content (AvgIpc) is 2.93.